The molecule has 0 saturated heterocycles. The minimum Gasteiger partial charge on any atom is -0.316 e. The Labute approximate surface area is 194 Å². The second kappa shape index (κ2) is 10.9. The van der Waals surface area contributed by atoms with Crippen LogP contribution in [0.2, 0.25) is 0 Å². The second-order valence-corrected chi connectivity index (χ2v) is 8.75. The maximum atomic E-state index is 14.5. The number of alkyl halides is 5. The summed E-state index contributed by atoms with van der Waals surface area (Å²) >= 11 is 0. The van der Waals surface area contributed by atoms with Crippen molar-refractivity contribution in [2.24, 2.45) is 5.92 Å². The lowest BCUT2D eigenvalue weighted by Crippen LogP contribution is -2.20. The van der Waals surface area contributed by atoms with Crippen molar-refractivity contribution < 1.29 is 35.5 Å². The molecule has 0 aromatic heterocycles. The van der Waals surface area contributed by atoms with Crippen LogP contribution in [0.15, 0.2) is 49.1 Å². The van der Waals surface area contributed by atoms with E-state index in [-0.39, 0.29) is 17.5 Å². The van der Waals surface area contributed by atoms with Gasteiger partial charge in [0.1, 0.15) is 17.2 Å². The molecule has 2 aromatic carbocycles. The lowest BCUT2D eigenvalue weighted by molar-refractivity contribution is -0.248. The maximum Gasteiger partial charge on any atom is 0.422 e. The fourth-order valence-electron chi connectivity index (χ4n) is 4.51. The summed E-state index contributed by atoms with van der Waals surface area (Å²) in [6.45, 7) is 3.12. The molecule has 1 fully saturated rings. The van der Waals surface area contributed by atoms with E-state index in [4.69, 9.17) is 0 Å². The molecule has 8 heteroatoms. The van der Waals surface area contributed by atoms with Gasteiger partial charge in [-0.05, 0) is 80.0 Å². The third-order valence-corrected chi connectivity index (χ3v) is 6.40. The molecule has 2 aromatic rings. The molecular weight excluding hydrogens is 461 g/mol. The first-order chi connectivity index (χ1) is 16.0. The Balaban J connectivity index is 1.55. The van der Waals surface area contributed by atoms with Crippen molar-refractivity contribution >= 4 is 0 Å². The van der Waals surface area contributed by atoms with Gasteiger partial charge in [-0.25, -0.2) is 8.78 Å². The van der Waals surface area contributed by atoms with E-state index in [1.807, 2.05) is 6.08 Å². The Morgan fingerprint density at radius 3 is 2.03 bits per heavy atom. The average Bonchev–Trinajstić information content (AvgIpc) is 2.76. The molecule has 34 heavy (non-hydrogen) atoms. The van der Waals surface area contributed by atoms with E-state index in [1.54, 1.807) is 12.1 Å². The summed E-state index contributed by atoms with van der Waals surface area (Å²) in [6, 6.07) is 6.90. The lowest BCUT2D eigenvalue weighted by Gasteiger charge is -2.29. The lowest BCUT2D eigenvalue weighted by atomic mass is 9.77. The zero-order valence-electron chi connectivity index (χ0n) is 18.6. The van der Waals surface area contributed by atoms with E-state index in [9.17, 15) is 30.7 Å². The molecule has 0 radical (unpaired) electrons. The quantitative estimate of drug-likeness (QED) is 0.254. The molecule has 1 aliphatic carbocycles. The number of allylic oxidation sites excluding steroid dienone is 1. The van der Waals surface area contributed by atoms with Crippen LogP contribution in [0.5, 0.6) is 0 Å². The highest BCUT2D eigenvalue weighted by atomic mass is 19.4. The van der Waals surface area contributed by atoms with Crippen molar-refractivity contribution in [3.8, 4) is 0 Å². The Bertz CT molecular complexity index is 935. The smallest absolute Gasteiger partial charge is 0.316 e. The number of rotatable bonds is 9. The summed E-state index contributed by atoms with van der Waals surface area (Å²) in [5.41, 5.74) is -1.58. The summed E-state index contributed by atoms with van der Waals surface area (Å²) < 4.78 is 98.7. The highest BCUT2D eigenvalue weighted by molar-refractivity contribution is 5.29. The molecule has 0 N–H and O–H groups in total. The summed E-state index contributed by atoms with van der Waals surface area (Å²) in [5.74, 6) is -2.58. The molecule has 3 rings (SSSR count). The molecule has 186 valence electrons. The molecule has 0 atom stereocenters. The van der Waals surface area contributed by atoms with E-state index in [2.05, 4.69) is 11.3 Å². The number of benzene rings is 2. The Morgan fingerprint density at radius 2 is 1.50 bits per heavy atom. The van der Waals surface area contributed by atoms with Gasteiger partial charge >= 0.3 is 12.3 Å². The Kier molecular flexibility index (Phi) is 8.44. The van der Waals surface area contributed by atoms with Crippen molar-refractivity contribution in [3.05, 3.63) is 82.9 Å². The van der Waals surface area contributed by atoms with E-state index >= 15 is 0 Å². The summed E-state index contributed by atoms with van der Waals surface area (Å²) in [7, 11) is 0. The van der Waals surface area contributed by atoms with E-state index in [0.29, 0.717) is 24.0 Å². The van der Waals surface area contributed by atoms with Crippen LogP contribution in [0.3, 0.4) is 0 Å². The van der Waals surface area contributed by atoms with Crippen LogP contribution in [-0.4, -0.2) is 6.61 Å². The number of hydrogen-bond acceptors (Lipinski definition) is 1. The van der Waals surface area contributed by atoms with E-state index in [1.165, 1.54) is 12.1 Å². The Hall–Kier alpha value is -2.35. The molecule has 1 aliphatic rings. The highest BCUT2D eigenvalue weighted by Gasteiger charge is 2.38. The fraction of sp³-hybridized carbons (Fsp3) is 0.462. The molecule has 0 amide bonds. The van der Waals surface area contributed by atoms with Crippen molar-refractivity contribution in [3.63, 3.8) is 0 Å². The summed E-state index contributed by atoms with van der Waals surface area (Å²) in [5, 5.41) is 0. The first-order valence-corrected chi connectivity index (χ1v) is 11.3. The van der Waals surface area contributed by atoms with Gasteiger partial charge in [0.05, 0.1) is 12.2 Å². The van der Waals surface area contributed by atoms with Crippen LogP contribution < -0.4 is 0 Å². The van der Waals surface area contributed by atoms with Crippen LogP contribution in [0.1, 0.15) is 66.7 Å². The zero-order valence-corrected chi connectivity index (χ0v) is 18.6. The first-order valence-electron chi connectivity index (χ1n) is 11.3. The minimum atomic E-state index is -5.19. The van der Waals surface area contributed by atoms with Gasteiger partial charge in [0.2, 0.25) is 0 Å². The summed E-state index contributed by atoms with van der Waals surface area (Å²) in [6.07, 6.45) is -0.941. The van der Waals surface area contributed by atoms with Gasteiger partial charge in [-0.15, -0.1) is 6.58 Å². The van der Waals surface area contributed by atoms with Gasteiger partial charge in [0, 0.05) is 0 Å². The van der Waals surface area contributed by atoms with Gasteiger partial charge in [-0.1, -0.05) is 30.3 Å². The van der Waals surface area contributed by atoms with Gasteiger partial charge in [-0.3, -0.25) is 0 Å². The molecule has 0 bridgehead atoms. The van der Waals surface area contributed by atoms with Crippen LogP contribution in [0.25, 0.3) is 0 Å². The zero-order chi connectivity index (χ0) is 24.9. The van der Waals surface area contributed by atoms with E-state index < -0.39 is 36.1 Å². The number of halogens is 7. The van der Waals surface area contributed by atoms with Crippen LogP contribution in [0.4, 0.5) is 30.7 Å². The van der Waals surface area contributed by atoms with Crippen molar-refractivity contribution in [1.82, 2.24) is 0 Å². The molecule has 1 saturated carbocycles. The van der Waals surface area contributed by atoms with Crippen molar-refractivity contribution in [1.29, 1.82) is 0 Å². The molecular formula is C26H27F7O. The third-order valence-electron chi connectivity index (χ3n) is 6.40. The van der Waals surface area contributed by atoms with Gasteiger partial charge < -0.3 is 4.74 Å². The average molecular weight is 488 g/mol. The maximum absolute atomic E-state index is 14.5. The largest absolute Gasteiger partial charge is 0.422 e. The molecule has 0 heterocycles. The standard InChI is InChI=1S/C26H27F7O/c1-2-3-4-17-5-7-19(8-6-17)20-9-11-21(12-10-20)26(32,33)34-14-13-18-15-22(27)24(23(28)16-18)25(29,30)31/h2,9-12,15-17,19H,1,3-8,13-14H2/t17-,19-. The SMILES string of the molecule is C=CCC[C@H]1CC[C@H](c2ccc(C(F)(F)OCCc3cc(F)c(C(F)(F)F)c(F)c3)cc2)CC1. The second-order valence-electron chi connectivity index (χ2n) is 8.75. The topological polar surface area (TPSA) is 9.23 Å². The summed E-state index contributed by atoms with van der Waals surface area (Å²) in [4.78, 5) is 0. The molecule has 0 aliphatic heterocycles. The van der Waals surface area contributed by atoms with Crippen LogP contribution in [0, 0.1) is 17.6 Å². The molecule has 1 nitrogen and oxygen atoms in total. The van der Waals surface area contributed by atoms with Gasteiger partial charge in [-0.2, -0.15) is 22.0 Å². The fourth-order valence-corrected chi connectivity index (χ4v) is 4.51. The predicted molar refractivity (Wildman–Crippen MR) is 115 cm³/mol. The monoisotopic (exact) mass is 488 g/mol. The van der Waals surface area contributed by atoms with Crippen LogP contribution in [-0.2, 0) is 23.4 Å². The number of ether oxygens (including phenoxy) is 1. The molecule has 0 spiro atoms. The highest BCUT2D eigenvalue weighted by Crippen LogP contribution is 2.39. The first kappa shape index (κ1) is 26.3. The van der Waals surface area contributed by atoms with Gasteiger partial charge in [0.25, 0.3) is 0 Å². The Morgan fingerprint density at radius 1 is 0.912 bits per heavy atom. The normalized spacial score (nSPS) is 19.3. The van der Waals surface area contributed by atoms with Crippen LogP contribution >= 0.6 is 0 Å². The van der Waals surface area contributed by atoms with Crippen molar-refractivity contribution in [2.45, 2.75) is 63.1 Å². The number of hydrogen-bond donors (Lipinski definition) is 0. The molecule has 0 unspecified atom stereocenters. The van der Waals surface area contributed by atoms with E-state index in [0.717, 1.165) is 44.1 Å². The van der Waals surface area contributed by atoms with Crippen molar-refractivity contribution in [2.75, 3.05) is 6.61 Å². The van der Waals surface area contributed by atoms with Gasteiger partial charge in [0.15, 0.2) is 0 Å². The third kappa shape index (κ3) is 6.62. The minimum absolute atomic E-state index is 0.210. The predicted octanol–water partition coefficient (Wildman–Crippen LogP) is 8.53.